The molecule has 2 aromatic heterocycles. The molecule has 3 aromatic rings. The molecule has 28 heavy (non-hydrogen) atoms. The Balaban J connectivity index is 1.87. The summed E-state index contributed by atoms with van der Waals surface area (Å²) >= 11 is 1.18. The van der Waals surface area contributed by atoms with Crippen molar-refractivity contribution in [1.82, 2.24) is 9.97 Å². The van der Waals surface area contributed by atoms with Crippen LogP contribution in [0.1, 0.15) is 27.9 Å². The maximum atomic E-state index is 12.1. The van der Waals surface area contributed by atoms with Gasteiger partial charge in [-0.2, -0.15) is 0 Å². The summed E-state index contributed by atoms with van der Waals surface area (Å²) in [5, 5.41) is 4.76. The van der Waals surface area contributed by atoms with Gasteiger partial charge in [0.15, 0.2) is 11.5 Å². The third kappa shape index (κ3) is 3.18. The van der Waals surface area contributed by atoms with E-state index in [4.69, 9.17) is 24.8 Å². The third-order valence-corrected chi connectivity index (χ3v) is 4.95. The molecule has 0 atom stereocenters. The lowest BCUT2D eigenvalue weighted by Gasteiger charge is -2.08. The van der Waals surface area contributed by atoms with Crippen LogP contribution in [-0.2, 0) is 9.57 Å². The summed E-state index contributed by atoms with van der Waals surface area (Å²) in [6.07, 6.45) is 0. The summed E-state index contributed by atoms with van der Waals surface area (Å²) in [7, 11) is 1.44. The van der Waals surface area contributed by atoms with E-state index in [1.165, 1.54) is 18.4 Å². The van der Waals surface area contributed by atoms with Crippen LogP contribution in [0.5, 0.6) is 11.5 Å². The molecule has 1 aliphatic heterocycles. The van der Waals surface area contributed by atoms with E-state index in [1.54, 1.807) is 25.1 Å². The minimum Gasteiger partial charge on any atom is -0.462 e. The van der Waals surface area contributed by atoms with Crippen molar-refractivity contribution in [3.05, 3.63) is 40.4 Å². The molecule has 0 amide bonds. The molecule has 0 saturated heterocycles. The van der Waals surface area contributed by atoms with Gasteiger partial charge in [-0.25, -0.2) is 14.8 Å². The Morgan fingerprint density at radius 2 is 2.11 bits per heavy atom. The zero-order valence-corrected chi connectivity index (χ0v) is 15.9. The standard InChI is InChI=1S/C18H16N4O5S/c1-3-25-17(23)13-7-10-15(20-18(19)21-16(10)28-13)14(22-24-2)9-4-5-11-12(6-9)27-8-26-11/h4-7H,3,8H2,1-2H3,(H2,19,20,21)/b22-14-. The quantitative estimate of drug-likeness (QED) is 0.394. The third-order valence-electron chi connectivity index (χ3n) is 3.94. The number of nitrogens with zero attached hydrogens (tertiary/aromatic N) is 3. The molecule has 0 bridgehead atoms. The summed E-state index contributed by atoms with van der Waals surface area (Å²) in [4.78, 5) is 26.7. The van der Waals surface area contributed by atoms with E-state index in [1.807, 2.05) is 6.07 Å². The van der Waals surface area contributed by atoms with Crippen molar-refractivity contribution >= 4 is 39.2 Å². The number of hydrogen-bond donors (Lipinski definition) is 1. The molecule has 10 heteroatoms. The Bertz CT molecular complexity index is 1100. The van der Waals surface area contributed by atoms with Crippen molar-refractivity contribution in [3.63, 3.8) is 0 Å². The van der Waals surface area contributed by atoms with Crippen LogP contribution in [-0.4, -0.2) is 42.2 Å². The van der Waals surface area contributed by atoms with E-state index in [-0.39, 0.29) is 19.3 Å². The number of thiophene rings is 1. The lowest BCUT2D eigenvalue weighted by atomic mass is 10.0. The molecule has 0 spiro atoms. The fourth-order valence-corrected chi connectivity index (χ4v) is 3.72. The SMILES string of the molecule is CCOC(=O)c1cc2c(/C(=N\OC)c3ccc4c(c3)OCO4)nc(N)nc2s1. The highest BCUT2D eigenvalue weighted by atomic mass is 32.1. The van der Waals surface area contributed by atoms with Crippen LogP contribution in [0, 0.1) is 0 Å². The van der Waals surface area contributed by atoms with Crippen LogP contribution in [0.2, 0.25) is 0 Å². The highest BCUT2D eigenvalue weighted by molar-refractivity contribution is 7.20. The number of nitrogens with two attached hydrogens (primary N) is 1. The van der Waals surface area contributed by atoms with Gasteiger partial charge in [0.25, 0.3) is 0 Å². The Hall–Kier alpha value is -3.40. The summed E-state index contributed by atoms with van der Waals surface area (Å²) in [5.41, 5.74) is 7.45. The Morgan fingerprint density at radius 3 is 2.89 bits per heavy atom. The normalized spacial score (nSPS) is 13.0. The lowest BCUT2D eigenvalue weighted by Crippen LogP contribution is -2.10. The number of esters is 1. The number of aromatic nitrogens is 2. The van der Waals surface area contributed by atoms with Gasteiger partial charge in [-0.1, -0.05) is 5.16 Å². The summed E-state index contributed by atoms with van der Waals surface area (Å²) in [5.74, 6) is 0.873. The molecule has 144 valence electrons. The number of hydrogen-bond acceptors (Lipinski definition) is 10. The van der Waals surface area contributed by atoms with E-state index in [0.29, 0.717) is 43.6 Å². The number of ether oxygens (including phenoxy) is 3. The van der Waals surface area contributed by atoms with Crippen LogP contribution in [0.25, 0.3) is 10.2 Å². The molecule has 4 rings (SSSR count). The number of rotatable bonds is 5. The smallest absolute Gasteiger partial charge is 0.348 e. The number of anilines is 1. The number of oxime groups is 1. The van der Waals surface area contributed by atoms with Crippen LogP contribution >= 0.6 is 11.3 Å². The van der Waals surface area contributed by atoms with Crippen LogP contribution in [0.4, 0.5) is 5.95 Å². The number of fused-ring (bicyclic) bond motifs is 2. The molecule has 0 radical (unpaired) electrons. The second-order valence-electron chi connectivity index (χ2n) is 5.67. The van der Waals surface area contributed by atoms with Gasteiger partial charge in [0.2, 0.25) is 12.7 Å². The minimum absolute atomic E-state index is 0.0595. The van der Waals surface area contributed by atoms with E-state index in [9.17, 15) is 4.79 Å². The minimum atomic E-state index is -0.427. The first kappa shape index (κ1) is 18.0. The molecule has 1 aliphatic rings. The Labute approximate surface area is 163 Å². The van der Waals surface area contributed by atoms with Gasteiger partial charge in [0, 0.05) is 10.9 Å². The maximum absolute atomic E-state index is 12.1. The highest BCUT2D eigenvalue weighted by Gasteiger charge is 2.22. The van der Waals surface area contributed by atoms with Gasteiger partial charge in [0.05, 0.1) is 6.61 Å². The molecule has 0 saturated carbocycles. The van der Waals surface area contributed by atoms with Gasteiger partial charge < -0.3 is 24.8 Å². The van der Waals surface area contributed by atoms with E-state index < -0.39 is 5.97 Å². The molecule has 2 N–H and O–H groups in total. The van der Waals surface area contributed by atoms with Crippen LogP contribution in [0.15, 0.2) is 29.4 Å². The Kier molecular flexibility index (Phi) is 4.70. The zero-order valence-electron chi connectivity index (χ0n) is 15.1. The van der Waals surface area contributed by atoms with Crippen LogP contribution in [0.3, 0.4) is 0 Å². The molecular formula is C18H16N4O5S. The average molecular weight is 400 g/mol. The fourth-order valence-electron chi connectivity index (χ4n) is 2.79. The first-order chi connectivity index (χ1) is 13.6. The number of carbonyl (C=O) groups excluding carboxylic acids is 1. The number of benzene rings is 1. The molecule has 0 aliphatic carbocycles. The first-order valence-corrected chi connectivity index (χ1v) is 9.18. The Morgan fingerprint density at radius 1 is 1.29 bits per heavy atom. The molecule has 0 unspecified atom stereocenters. The molecular weight excluding hydrogens is 384 g/mol. The van der Waals surface area contributed by atoms with Crippen LogP contribution < -0.4 is 15.2 Å². The second-order valence-corrected chi connectivity index (χ2v) is 6.70. The summed E-state index contributed by atoms with van der Waals surface area (Å²) in [6.45, 7) is 2.19. The van der Waals surface area contributed by atoms with E-state index >= 15 is 0 Å². The predicted molar refractivity (Wildman–Crippen MR) is 103 cm³/mol. The van der Waals surface area contributed by atoms with Gasteiger partial charge >= 0.3 is 5.97 Å². The zero-order chi connectivity index (χ0) is 19.7. The van der Waals surface area contributed by atoms with Crippen molar-refractivity contribution in [2.24, 2.45) is 5.16 Å². The molecule has 0 fully saturated rings. The lowest BCUT2D eigenvalue weighted by molar-refractivity contribution is 0.0532. The fraction of sp³-hybridized carbons (Fsp3) is 0.222. The molecule has 1 aromatic carbocycles. The molecule has 9 nitrogen and oxygen atoms in total. The van der Waals surface area contributed by atoms with Gasteiger partial charge in [0.1, 0.15) is 28.2 Å². The van der Waals surface area contributed by atoms with E-state index in [0.717, 1.165) is 0 Å². The van der Waals surface area contributed by atoms with Crippen molar-refractivity contribution < 1.29 is 23.8 Å². The molecule has 3 heterocycles. The highest BCUT2D eigenvalue weighted by Crippen LogP contribution is 2.34. The van der Waals surface area contributed by atoms with Crippen molar-refractivity contribution in [2.75, 3.05) is 26.2 Å². The summed E-state index contributed by atoms with van der Waals surface area (Å²) < 4.78 is 15.9. The summed E-state index contributed by atoms with van der Waals surface area (Å²) in [6, 6.07) is 7.05. The average Bonchev–Trinajstić information content (AvgIpc) is 3.31. The number of carbonyl (C=O) groups is 1. The van der Waals surface area contributed by atoms with E-state index in [2.05, 4.69) is 15.1 Å². The first-order valence-electron chi connectivity index (χ1n) is 8.36. The van der Waals surface area contributed by atoms with Gasteiger partial charge in [-0.05, 0) is 31.2 Å². The van der Waals surface area contributed by atoms with Crippen molar-refractivity contribution in [1.29, 1.82) is 0 Å². The van der Waals surface area contributed by atoms with Gasteiger partial charge in [-0.15, -0.1) is 11.3 Å². The van der Waals surface area contributed by atoms with Crippen molar-refractivity contribution in [3.8, 4) is 11.5 Å². The maximum Gasteiger partial charge on any atom is 0.348 e. The largest absolute Gasteiger partial charge is 0.462 e. The topological polar surface area (TPSA) is 118 Å². The predicted octanol–water partition coefficient (Wildman–Crippen LogP) is 2.58. The van der Waals surface area contributed by atoms with Crippen molar-refractivity contribution in [2.45, 2.75) is 6.92 Å². The monoisotopic (exact) mass is 400 g/mol. The second kappa shape index (κ2) is 7.31. The number of nitrogen functional groups attached to an aromatic ring is 1. The van der Waals surface area contributed by atoms with Gasteiger partial charge in [-0.3, -0.25) is 0 Å².